The number of phenols is 2. The summed E-state index contributed by atoms with van der Waals surface area (Å²) in [6.45, 7) is 4.62. The lowest BCUT2D eigenvalue weighted by Crippen LogP contribution is -2.49. The van der Waals surface area contributed by atoms with Crippen molar-refractivity contribution >= 4 is 46.1 Å². The molecule has 2 aliphatic rings. The highest BCUT2D eigenvalue weighted by Crippen LogP contribution is 2.36. The van der Waals surface area contributed by atoms with Crippen molar-refractivity contribution in [2.75, 3.05) is 48.4 Å². The van der Waals surface area contributed by atoms with E-state index in [9.17, 15) is 19.8 Å². The lowest BCUT2D eigenvalue weighted by molar-refractivity contribution is -0.120. The molecule has 3 N–H and O–H groups in total. The van der Waals surface area contributed by atoms with E-state index in [-0.39, 0.29) is 23.8 Å². The number of aromatic hydroxyl groups is 2. The summed E-state index contributed by atoms with van der Waals surface area (Å²) in [6, 6.07) is 26.4. The zero-order valence-electron chi connectivity index (χ0n) is 25.4. The molecular formula is C36H36ClN5O4. The summed E-state index contributed by atoms with van der Waals surface area (Å²) in [5.41, 5.74) is 7.88. The smallest absolute Gasteiger partial charge is 0.328 e. The number of alkyl halides is 1. The number of carbonyl (C=O) groups is 2. The standard InChI is InChI=1S/C36H36ClN5O4/c37-17-15-33(25-3-11-31(43)12-4-25)35(27-5-13-32(44)14-6-27)26-1-8-29(9-2-26)41-21-19-40(20-22-41)24-28-7-10-30(23-38-28)42-18-16-34(45)39-36(42)46/h1-14,23,43-44H,15-22,24H2,(H,39,45,46). The lowest BCUT2D eigenvalue weighted by Gasteiger charge is -2.36. The summed E-state index contributed by atoms with van der Waals surface area (Å²) in [5, 5.41) is 22.2. The second kappa shape index (κ2) is 14.1. The third-order valence-corrected chi connectivity index (χ3v) is 8.66. The fraction of sp³-hybridized carbons (Fsp3) is 0.250. The van der Waals surface area contributed by atoms with Gasteiger partial charge in [-0.15, -0.1) is 11.6 Å². The summed E-state index contributed by atoms with van der Waals surface area (Å²) >= 11 is 6.30. The summed E-state index contributed by atoms with van der Waals surface area (Å²) in [5.74, 6) is 0.608. The number of allylic oxidation sites excluding steroid dienone is 1. The van der Waals surface area contributed by atoms with E-state index in [4.69, 9.17) is 11.6 Å². The van der Waals surface area contributed by atoms with E-state index in [0.717, 1.165) is 71.9 Å². The Balaban J connectivity index is 1.14. The minimum atomic E-state index is -0.407. The predicted molar refractivity (Wildman–Crippen MR) is 181 cm³/mol. The van der Waals surface area contributed by atoms with Crippen molar-refractivity contribution in [2.45, 2.75) is 19.4 Å². The maximum Gasteiger partial charge on any atom is 0.328 e. The zero-order chi connectivity index (χ0) is 32.0. The zero-order valence-corrected chi connectivity index (χ0v) is 26.2. The highest BCUT2D eigenvalue weighted by molar-refractivity contribution is 6.18. The Morgan fingerprint density at radius 2 is 1.33 bits per heavy atom. The van der Waals surface area contributed by atoms with Crippen molar-refractivity contribution in [2.24, 2.45) is 0 Å². The molecule has 236 valence electrons. The normalized spacial score (nSPS) is 16.3. The number of pyridine rings is 1. The summed E-state index contributed by atoms with van der Waals surface area (Å²) < 4.78 is 0. The largest absolute Gasteiger partial charge is 0.508 e. The van der Waals surface area contributed by atoms with Crippen LogP contribution in [0.1, 0.15) is 35.2 Å². The number of phenolic OH excluding ortho intramolecular Hbond substituents is 2. The van der Waals surface area contributed by atoms with Gasteiger partial charge in [0.05, 0.1) is 17.6 Å². The van der Waals surface area contributed by atoms with Crippen LogP contribution in [0.25, 0.3) is 11.1 Å². The Morgan fingerprint density at radius 1 is 0.739 bits per heavy atom. The van der Waals surface area contributed by atoms with Crippen LogP contribution in [0.15, 0.2) is 91.1 Å². The second-order valence-electron chi connectivity index (χ2n) is 11.5. The molecule has 4 aromatic rings. The number of halogens is 1. The molecule has 1 aromatic heterocycles. The number of amides is 3. The number of rotatable bonds is 9. The number of piperazine rings is 1. The van der Waals surface area contributed by atoms with E-state index in [1.54, 1.807) is 30.5 Å². The van der Waals surface area contributed by atoms with Gasteiger partial charge in [0.2, 0.25) is 5.91 Å². The van der Waals surface area contributed by atoms with Gasteiger partial charge in [-0.3, -0.25) is 24.9 Å². The first-order chi connectivity index (χ1) is 22.4. The molecule has 2 aliphatic heterocycles. The minimum Gasteiger partial charge on any atom is -0.508 e. The van der Waals surface area contributed by atoms with Crippen molar-refractivity contribution in [3.63, 3.8) is 0 Å². The highest BCUT2D eigenvalue weighted by atomic mass is 35.5. The number of aromatic nitrogens is 1. The second-order valence-corrected chi connectivity index (χ2v) is 11.8. The Bertz CT molecular complexity index is 1700. The Kier molecular flexibility index (Phi) is 9.51. The average molecular weight is 638 g/mol. The predicted octanol–water partition coefficient (Wildman–Crippen LogP) is 5.85. The van der Waals surface area contributed by atoms with E-state index >= 15 is 0 Å². The van der Waals surface area contributed by atoms with E-state index in [0.29, 0.717) is 24.5 Å². The molecule has 6 rings (SSSR count). The minimum absolute atomic E-state index is 0.208. The van der Waals surface area contributed by atoms with Gasteiger partial charge in [0.1, 0.15) is 11.5 Å². The molecule has 3 amide bonds. The number of nitrogens with one attached hydrogen (secondary N) is 1. The SMILES string of the molecule is O=C1CCN(c2ccc(CN3CCN(c4ccc(C(=C(CCCl)c5ccc(O)cc5)c5ccc(O)cc5)cc4)CC3)nc2)C(=O)N1. The first-order valence-corrected chi connectivity index (χ1v) is 15.9. The molecule has 3 heterocycles. The monoisotopic (exact) mass is 637 g/mol. The van der Waals surface area contributed by atoms with Crippen molar-refractivity contribution in [3.8, 4) is 11.5 Å². The molecule has 10 heteroatoms. The van der Waals surface area contributed by atoms with Gasteiger partial charge in [0.15, 0.2) is 0 Å². The number of urea groups is 1. The summed E-state index contributed by atoms with van der Waals surface area (Å²) in [7, 11) is 0. The van der Waals surface area contributed by atoms with E-state index < -0.39 is 6.03 Å². The molecule has 0 spiro atoms. The maximum atomic E-state index is 12.1. The van der Waals surface area contributed by atoms with Crippen LogP contribution < -0.4 is 15.1 Å². The van der Waals surface area contributed by atoms with Gasteiger partial charge < -0.3 is 15.1 Å². The Labute approximate surface area is 273 Å². The van der Waals surface area contributed by atoms with Gasteiger partial charge in [-0.05, 0) is 82.8 Å². The van der Waals surface area contributed by atoms with Crippen LogP contribution in [0.3, 0.4) is 0 Å². The van der Waals surface area contributed by atoms with Gasteiger partial charge in [-0.25, -0.2) is 4.79 Å². The maximum absolute atomic E-state index is 12.1. The van der Waals surface area contributed by atoms with Crippen LogP contribution in [-0.4, -0.2) is 70.6 Å². The highest BCUT2D eigenvalue weighted by Gasteiger charge is 2.25. The molecule has 3 aromatic carbocycles. The third-order valence-electron chi connectivity index (χ3n) is 8.47. The van der Waals surface area contributed by atoms with E-state index in [2.05, 4.69) is 44.4 Å². The van der Waals surface area contributed by atoms with Gasteiger partial charge in [-0.2, -0.15) is 0 Å². The molecule has 2 fully saturated rings. The first kappa shape index (κ1) is 31.1. The summed E-state index contributed by atoms with van der Waals surface area (Å²) in [6.07, 6.45) is 2.62. The molecule has 2 saturated heterocycles. The molecule has 0 atom stereocenters. The number of benzene rings is 3. The van der Waals surface area contributed by atoms with Crippen molar-refractivity contribution in [1.29, 1.82) is 0 Å². The van der Waals surface area contributed by atoms with Crippen LogP contribution in [0.4, 0.5) is 16.2 Å². The van der Waals surface area contributed by atoms with Crippen LogP contribution in [0.5, 0.6) is 11.5 Å². The molecular weight excluding hydrogens is 602 g/mol. The number of anilines is 2. The van der Waals surface area contributed by atoms with Gasteiger partial charge in [0, 0.05) is 57.3 Å². The van der Waals surface area contributed by atoms with Gasteiger partial charge >= 0.3 is 6.03 Å². The van der Waals surface area contributed by atoms with Gasteiger partial charge in [-0.1, -0.05) is 36.4 Å². The number of hydrogen-bond acceptors (Lipinski definition) is 7. The fourth-order valence-corrected chi connectivity index (χ4v) is 6.22. The van der Waals surface area contributed by atoms with Crippen LogP contribution in [-0.2, 0) is 11.3 Å². The molecule has 46 heavy (non-hydrogen) atoms. The average Bonchev–Trinajstić information content (AvgIpc) is 3.07. The molecule has 0 bridgehead atoms. The Hall–Kier alpha value is -4.86. The lowest BCUT2D eigenvalue weighted by atomic mass is 9.88. The quantitative estimate of drug-likeness (QED) is 0.156. The van der Waals surface area contributed by atoms with Crippen LogP contribution in [0, 0.1) is 0 Å². The van der Waals surface area contributed by atoms with E-state index in [1.165, 1.54) is 4.90 Å². The van der Waals surface area contributed by atoms with Crippen LogP contribution >= 0.6 is 11.6 Å². The van der Waals surface area contributed by atoms with Crippen molar-refractivity contribution < 1.29 is 19.8 Å². The van der Waals surface area contributed by atoms with E-state index in [1.807, 2.05) is 36.4 Å². The molecule has 0 radical (unpaired) electrons. The van der Waals surface area contributed by atoms with Gasteiger partial charge in [0.25, 0.3) is 0 Å². The number of nitrogens with zero attached hydrogens (tertiary/aromatic N) is 4. The molecule has 9 nitrogen and oxygen atoms in total. The van der Waals surface area contributed by atoms with Crippen molar-refractivity contribution in [1.82, 2.24) is 15.2 Å². The molecule has 0 unspecified atom stereocenters. The van der Waals surface area contributed by atoms with Crippen LogP contribution in [0.2, 0.25) is 0 Å². The number of carbonyl (C=O) groups excluding carboxylic acids is 2. The number of imide groups is 1. The first-order valence-electron chi connectivity index (χ1n) is 15.4. The topological polar surface area (TPSA) is 109 Å². The molecule has 0 saturated carbocycles. The fourth-order valence-electron chi connectivity index (χ4n) is 6.03. The van der Waals surface area contributed by atoms with Crippen molar-refractivity contribution in [3.05, 3.63) is 114 Å². The molecule has 0 aliphatic carbocycles. The third kappa shape index (κ3) is 7.17. The summed E-state index contributed by atoms with van der Waals surface area (Å²) in [4.78, 5) is 34.5. The number of hydrogen-bond donors (Lipinski definition) is 3. The Morgan fingerprint density at radius 3 is 1.89 bits per heavy atom.